The molecule has 0 saturated heterocycles. The number of rotatable bonds is 5. The number of nitrogens with one attached hydrogen (secondary N) is 1. The van der Waals surface area contributed by atoms with Gasteiger partial charge in [-0.15, -0.1) is 11.3 Å². The summed E-state index contributed by atoms with van der Waals surface area (Å²) in [6.07, 6.45) is 0. The lowest BCUT2D eigenvalue weighted by Crippen LogP contribution is -2.16. The molecule has 0 unspecified atom stereocenters. The van der Waals surface area contributed by atoms with E-state index in [1.54, 1.807) is 12.1 Å². The van der Waals surface area contributed by atoms with Crippen molar-refractivity contribution in [1.29, 1.82) is 0 Å². The first-order valence-electron chi connectivity index (χ1n) is 5.81. The van der Waals surface area contributed by atoms with E-state index in [0.717, 1.165) is 9.21 Å². The lowest BCUT2D eigenvalue weighted by atomic mass is 10.1. The van der Waals surface area contributed by atoms with Crippen LogP contribution in [0.3, 0.4) is 0 Å². The van der Waals surface area contributed by atoms with Gasteiger partial charge in [0.15, 0.2) is 5.84 Å². The Morgan fingerprint density at radius 1 is 1.35 bits per heavy atom. The van der Waals surface area contributed by atoms with Crippen LogP contribution in [0.25, 0.3) is 0 Å². The first-order valence-corrected chi connectivity index (χ1v) is 7.01. The third-order valence-electron chi connectivity index (χ3n) is 2.70. The lowest BCUT2D eigenvalue weighted by molar-refractivity contribution is 0.318. The second-order valence-corrected chi connectivity index (χ2v) is 5.90. The largest absolute Gasteiger partial charge is 0.409 e. The molecular formula is C13H13ClFN3OS. The zero-order valence-electron chi connectivity index (χ0n) is 10.4. The highest BCUT2D eigenvalue weighted by Crippen LogP contribution is 2.21. The van der Waals surface area contributed by atoms with Crippen molar-refractivity contribution in [3.8, 4) is 0 Å². The fourth-order valence-corrected chi connectivity index (χ4v) is 2.73. The van der Waals surface area contributed by atoms with Gasteiger partial charge >= 0.3 is 0 Å². The molecular weight excluding hydrogens is 301 g/mol. The number of nitrogens with two attached hydrogens (primary N) is 1. The monoisotopic (exact) mass is 313 g/mol. The third kappa shape index (κ3) is 3.69. The van der Waals surface area contributed by atoms with Gasteiger partial charge in [0.05, 0.1) is 4.34 Å². The Bertz CT molecular complexity index is 630. The van der Waals surface area contributed by atoms with Crippen LogP contribution in [0.1, 0.15) is 16.0 Å². The molecule has 0 saturated carbocycles. The maximum absolute atomic E-state index is 13.8. The van der Waals surface area contributed by atoms with Crippen LogP contribution < -0.4 is 11.1 Å². The highest BCUT2D eigenvalue weighted by molar-refractivity contribution is 7.16. The van der Waals surface area contributed by atoms with Gasteiger partial charge in [0.2, 0.25) is 0 Å². The van der Waals surface area contributed by atoms with E-state index in [2.05, 4.69) is 10.5 Å². The summed E-state index contributed by atoms with van der Waals surface area (Å²) >= 11 is 7.32. The number of thiophene rings is 1. The summed E-state index contributed by atoms with van der Waals surface area (Å²) in [6, 6.07) is 8.22. The van der Waals surface area contributed by atoms with Crippen LogP contribution in [0, 0.1) is 5.82 Å². The molecule has 4 N–H and O–H groups in total. The Morgan fingerprint density at radius 3 is 2.75 bits per heavy atom. The highest BCUT2D eigenvalue weighted by atomic mass is 35.5. The maximum Gasteiger partial charge on any atom is 0.170 e. The zero-order valence-corrected chi connectivity index (χ0v) is 12.0. The van der Waals surface area contributed by atoms with Crippen molar-refractivity contribution < 1.29 is 9.60 Å². The Labute approximate surface area is 124 Å². The second-order valence-electron chi connectivity index (χ2n) is 4.10. The standard InChI is InChI=1S/C13H13ClFN3OS/c14-12-4-3-10(20-12)7-17-6-9-2-1-8(5-11(9)15)13(16)18-19/h1-5,17,19H,6-7H2,(H2,16,18). The number of oxime groups is 1. The number of halogens is 2. The fraction of sp³-hybridized carbons (Fsp3) is 0.154. The number of hydrogen-bond acceptors (Lipinski definition) is 4. The summed E-state index contributed by atoms with van der Waals surface area (Å²) < 4.78 is 14.6. The molecule has 106 valence electrons. The smallest absolute Gasteiger partial charge is 0.170 e. The minimum Gasteiger partial charge on any atom is -0.409 e. The molecule has 0 aliphatic carbocycles. The predicted molar refractivity (Wildman–Crippen MR) is 78.8 cm³/mol. The van der Waals surface area contributed by atoms with E-state index in [1.165, 1.54) is 17.4 Å². The zero-order chi connectivity index (χ0) is 14.5. The van der Waals surface area contributed by atoms with Crippen LogP contribution in [0.5, 0.6) is 0 Å². The van der Waals surface area contributed by atoms with Crippen LogP contribution in [0.4, 0.5) is 4.39 Å². The molecule has 4 nitrogen and oxygen atoms in total. The van der Waals surface area contributed by atoms with Gasteiger partial charge in [0.1, 0.15) is 5.82 Å². The van der Waals surface area contributed by atoms with Crippen molar-refractivity contribution in [3.05, 3.63) is 56.5 Å². The molecule has 0 atom stereocenters. The van der Waals surface area contributed by atoms with Gasteiger partial charge in [-0.25, -0.2) is 4.39 Å². The molecule has 7 heteroatoms. The Morgan fingerprint density at radius 2 is 2.15 bits per heavy atom. The summed E-state index contributed by atoms with van der Waals surface area (Å²) in [4.78, 5) is 1.09. The summed E-state index contributed by atoms with van der Waals surface area (Å²) in [5.74, 6) is -0.512. The number of benzene rings is 1. The van der Waals surface area contributed by atoms with Gasteiger partial charge in [-0.2, -0.15) is 0 Å². The highest BCUT2D eigenvalue weighted by Gasteiger charge is 2.06. The summed E-state index contributed by atoms with van der Waals surface area (Å²) in [7, 11) is 0. The third-order valence-corrected chi connectivity index (χ3v) is 3.93. The van der Waals surface area contributed by atoms with E-state index in [4.69, 9.17) is 22.5 Å². The molecule has 0 aliphatic rings. The summed E-state index contributed by atoms with van der Waals surface area (Å²) in [6.45, 7) is 1.01. The molecule has 1 aromatic carbocycles. The molecule has 1 heterocycles. The van der Waals surface area contributed by atoms with Crippen molar-refractivity contribution in [2.75, 3.05) is 0 Å². The van der Waals surface area contributed by atoms with Gasteiger partial charge in [0.25, 0.3) is 0 Å². The van der Waals surface area contributed by atoms with Gasteiger partial charge in [-0.1, -0.05) is 28.9 Å². The van der Waals surface area contributed by atoms with Crippen molar-refractivity contribution in [2.24, 2.45) is 10.9 Å². The van der Waals surface area contributed by atoms with Crippen LogP contribution in [-0.4, -0.2) is 11.0 Å². The Hall–Kier alpha value is -1.63. The van der Waals surface area contributed by atoms with Crippen molar-refractivity contribution in [1.82, 2.24) is 5.32 Å². The molecule has 0 spiro atoms. The molecule has 0 bridgehead atoms. The van der Waals surface area contributed by atoms with Crippen molar-refractivity contribution in [2.45, 2.75) is 13.1 Å². The average molecular weight is 314 g/mol. The quantitative estimate of drug-likeness (QED) is 0.344. The van der Waals surface area contributed by atoms with Gasteiger partial charge in [0, 0.05) is 29.1 Å². The predicted octanol–water partition coefficient (Wildman–Crippen LogP) is 2.92. The Kier molecular flexibility index (Phi) is 4.94. The normalized spacial score (nSPS) is 11.8. The van der Waals surface area contributed by atoms with E-state index in [1.807, 2.05) is 12.1 Å². The topological polar surface area (TPSA) is 70.6 Å². The molecule has 2 aromatic rings. The molecule has 0 fully saturated rings. The van der Waals surface area contributed by atoms with E-state index in [0.29, 0.717) is 24.2 Å². The van der Waals surface area contributed by atoms with E-state index in [-0.39, 0.29) is 5.84 Å². The van der Waals surface area contributed by atoms with Gasteiger partial charge in [-0.3, -0.25) is 0 Å². The van der Waals surface area contributed by atoms with Gasteiger partial charge < -0.3 is 16.3 Å². The second kappa shape index (κ2) is 6.69. The lowest BCUT2D eigenvalue weighted by Gasteiger charge is -2.06. The van der Waals surface area contributed by atoms with E-state index in [9.17, 15) is 4.39 Å². The number of nitrogens with zero attached hydrogens (tertiary/aromatic N) is 1. The molecule has 20 heavy (non-hydrogen) atoms. The molecule has 0 amide bonds. The van der Waals surface area contributed by atoms with E-state index < -0.39 is 5.82 Å². The first kappa shape index (κ1) is 14.8. The minimum atomic E-state index is -0.397. The SMILES string of the molecule is NC(=NO)c1ccc(CNCc2ccc(Cl)s2)c(F)c1. The van der Waals surface area contributed by atoms with Crippen LogP contribution in [0.2, 0.25) is 4.34 Å². The van der Waals surface area contributed by atoms with Crippen molar-refractivity contribution in [3.63, 3.8) is 0 Å². The fourth-order valence-electron chi connectivity index (χ4n) is 1.67. The molecule has 0 radical (unpaired) electrons. The molecule has 0 aliphatic heterocycles. The van der Waals surface area contributed by atoms with E-state index >= 15 is 0 Å². The van der Waals surface area contributed by atoms with Crippen molar-refractivity contribution >= 4 is 28.8 Å². The molecule has 2 rings (SSSR count). The minimum absolute atomic E-state index is 0.114. The maximum atomic E-state index is 13.8. The van der Waals surface area contributed by atoms with Gasteiger partial charge in [-0.05, 0) is 18.2 Å². The number of amidine groups is 1. The Balaban J connectivity index is 1.96. The van der Waals surface area contributed by atoms with Crippen LogP contribution in [0.15, 0.2) is 35.5 Å². The van der Waals surface area contributed by atoms with Crippen LogP contribution >= 0.6 is 22.9 Å². The average Bonchev–Trinajstić information content (AvgIpc) is 2.85. The summed E-state index contributed by atoms with van der Waals surface area (Å²) in [5.41, 5.74) is 6.26. The van der Waals surface area contributed by atoms with Crippen LogP contribution in [-0.2, 0) is 13.1 Å². The molecule has 1 aromatic heterocycles. The first-order chi connectivity index (χ1) is 9.60. The number of hydrogen-bond donors (Lipinski definition) is 3. The summed E-state index contributed by atoms with van der Waals surface area (Å²) in [5, 5.41) is 14.5.